The van der Waals surface area contributed by atoms with E-state index in [0.29, 0.717) is 4.90 Å². The van der Waals surface area contributed by atoms with Gasteiger partial charge in [0.2, 0.25) is 5.91 Å². The van der Waals surface area contributed by atoms with E-state index in [0.717, 1.165) is 4.90 Å². The fourth-order valence-corrected chi connectivity index (χ4v) is 5.70. The molecule has 0 saturated carbocycles. The van der Waals surface area contributed by atoms with E-state index in [1.807, 2.05) is 0 Å². The highest BCUT2D eigenvalue weighted by Crippen LogP contribution is 2.40. The van der Waals surface area contributed by atoms with Crippen molar-refractivity contribution in [2.24, 2.45) is 0 Å². The summed E-state index contributed by atoms with van der Waals surface area (Å²) in [5.41, 5.74) is 0.180. The van der Waals surface area contributed by atoms with Gasteiger partial charge >= 0.3 is 11.9 Å². The monoisotopic (exact) mass is 503 g/mol. The number of rotatable bonds is 9. The lowest BCUT2D eigenvalue weighted by atomic mass is 10.0. The van der Waals surface area contributed by atoms with Gasteiger partial charge in [0.25, 0.3) is 17.7 Å². The average molecular weight is 503 g/mol. The summed E-state index contributed by atoms with van der Waals surface area (Å²) >= 11 is 1.21. The van der Waals surface area contributed by atoms with Crippen molar-refractivity contribution in [2.45, 2.75) is 36.7 Å². The number of carbonyl (C=O) groups is 6. The van der Waals surface area contributed by atoms with Crippen LogP contribution in [0.3, 0.4) is 0 Å². The molecule has 184 valence electrons. The summed E-state index contributed by atoms with van der Waals surface area (Å²) in [5, 5.41) is 30.3. The molecule has 0 radical (unpaired) electrons. The first kappa shape index (κ1) is 24.4. The topological polar surface area (TPSA) is 182 Å². The van der Waals surface area contributed by atoms with Gasteiger partial charge in [-0.3, -0.25) is 29.0 Å². The highest BCUT2D eigenvalue weighted by Gasteiger charge is 2.54. The third-order valence-corrected chi connectivity index (χ3v) is 7.40. The molecule has 0 bridgehead atoms. The van der Waals surface area contributed by atoms with E-state index >= 15 is 0 Å². The van der Waals surface area contributed by atoms with E-state index in [1.54, 1.807) is 12.1 Å². The molecule has 35 heavy (non-hydrogen) atoms. The number of nitrogens with one attached hydrogen (secondary N) is 1. The Morgan fingerprint density at radius 2 is 1.71 bits per heavy atom. The number of hydrogen-bond donors (Lipinski definition) is 4. The van der Waals surface area contributed by atoms with Crippen molar-refractivity contribution < 1.29 is 44.1 Å². The van der Waals surface area contributed by atoms with Crippen LogP contribution >= 0.6 is 11.8 Å². The molecule has 3 aliphatic rings. The van der Waals surface area contributed by atoms with Crippen LogP contribution < -0.4 is 5.32 Å². The van der Waals surface area contributed by atoms with Crippen molar-refractivity contribution in [3.63, 3.8) is 0 Å². The van der Waals surface area contributed by atoms with Gasteiger partial charge in [-0.05, 0) is 30.5 Å². The summed E-state index contributed by atoms with van der Waals surface area (Å²) in [6.45, 7) is -0.500. The van der Waals surface area contributed by atoms with E-state index in [4.69, 9.17) is 0 Å². The molecule has 3 atom stereocenters. The number of carbonyl (C=O) groups excluding carboxylic acids is 4. The Morgan fingerprint density at radius 1 is 1.09 bits per heavy atom. The van der Waals surface area contributed by atoms with E-state index in [-0.39, 0.29) is 47.4 Å². The van der Waals surface area contributed by atoms with Crippen molar-refractivity contribution in [1.82, 2.24) is 15.1 Å². The molecule has 4 N–H and O–H groups in total. The molecule has 0 spiro atoms. The second-order valence-corrected chi connectivity index (χ2v) is 9.25. The number of benzene rings is 1. The van der Waals surface area contributed by atoms with E-state index < -0.39 is 59.6 Å². The molecule has 4 rings (SSSR count). The summed E-state index contributed by atoms with van der Waals surface area (Å²) in [7, 11) is 0. The molecule has 0 aromatic heterocycles. The zero-order valence-electron chi connectivity index (χ0n) is 18.2. The van der Waals surface area contributed by atoms with Crippen LogP contribution in [0.5, 0.6) is 0 Å². The van der Waals surface area contributed by atoms with E-state index in [1.165, 1.54) is 23.9 Å². The lowest BCUT2D eigenvalue weighted by Crippen LogP contribution is -2.70. The predicted octanol–water partition coefficient (Wildman–Crippen LogP) is -0.363. The van der Waals surface area contributed by atoms with Crippen molar-refractivity contribution in [3.05, 3.63) is 46.7 Å². The van der Waals surface area contributed by atoms with Gasteiger partial charge in [0.1, 0.15) is 23.2 Å². The molecule has 3 aliphatic heterocycles. The van der Waals surface area contributed by atoms with Gasteiger partial charge in [-0.2, -0.15) is 0 Å². The number of carboxylic acids is 2. The molecular weight excluding hydrogens is 482 g/mol. The maximum absolute atomic E-state index is 12.6. The number of aliphatic carboxylic acids is 2. The largest absolute Gasteiger partial charge is 0.480 e. The minimum atomic E-state index is -1.45. The third kappa shape index (κ3) is 4.17. The van der Waals surface area contributed by atoms with Crippen LogP contribution in [0.1, 0.15) is 40.0 Å². The summed E-state index contributed by atoms with van der Waals surface area (Å²) in [5.74, 6) is -5.11. The van der Waals surface area contributed by atoms with Crippen LogP contribution in [0.25, 0.3) is 0 Å². The van der Waals surface area contributed by atoms with Crippen LogP contribution in [0, 0.1) is 0 Å². The number of thioether (sulfide) groups is 1. The Bertz CT molecular complexity index is 1150. The number of imide groups is 1. The second-order valence-electron chi connectivity index (χ2n) is 8.14. The first-order valence-electron chi connectivity index (χ1n) is 10.7. The van der Waals surface area contributed by atoms with Gasteiger partial charge in [-0.1, -0.05) is 12.1 Å². The zero-order valence-corrected chi connectivity index (χ0v) is 19.0. The number of aliphatic hydroxyl groups is 1. The van der Waals surface area contributed by atoms with Gasteiger partial charge < -0.3 is 20.6 Å². The van der Waals surface area contributed by atoms with Crippen LogP contribution in [-0.2, 0) is 19.2 Å². The number of hydrogen-bond acceptors (Lipinski definition) is 8. The number of nitrogens with zero attached hydrogens (tertiary/aromatic N) is 2. The van der Waals surface area contributed by atoms with Crippen molar-refractivity contribution in [3.8, 4) is 0 Å². The SMILES string of the molecule is O=C(CCC[C@H](C(=O)O)N1C(=O)c2ccccc2C1=O)N[C@@H]1C(=O)N2C(C(=O)O)=C(CO)CS[C@H]12. The van der Waals surface area contributed by atoms with Gasteiger partial charge in [-0.15, -0.1) is 11.8 Å². The quantitative estimate of drug-likeness (QED) is 0.256. The molecule has 1 saturated heterocycles. The molecular formula is C22H21N3O9S. The smallest absolute Gasteiger partial charge is 0.352 e. The van der Waals surface area contributed by atoms with Crippen LogP contribution in [0.4, 0.5) is 0 Å². The van der Waals surface area contributed by atoms with Crippen molar-refractivity contribution in [2.75, 3.05) is 12.4 Å². The fraction of sp³-hybridized carbons (Fsp3) is 0.364. The minimum Gasteiger partial charge on any atom is -0.480 e. The predicted molar refractivity (Wildman–Crippen MR) is 119 cm³/mol. The van der Waals surface area contributed by atoms with E-state index in [9.17, 15) is 44.1 Å². The van der Waals surface area contributed by atoms with Gasteiger partial charge in [-0.25, -0.2) is 9.59 Å². The first-order chi connectivity index (χ1) is 16.7. The average Bonchev–Trinajstić information content (AvgIpc) is 3.08. The molecule has 4 amide bonds. The standard InChI is InChI=1S/C22H21N3O9S/c26-8-10-9-35-20-15(19(30)25(20)16(10)22(33)34)23-14(27)7-3-6-13(21(31)32)24-17(28)11-4-1-2-5-12(11)18(24)29/h1-2,4-5,13,15,20,26H,3,6-9H2,(H,23,27)(H,31,32)(H,33,34)/t13-,15-,20-/m1/s1. The fourth-order valence-electron chi connectivity index (χ4n) is 4.36. The lowest BCUT2D eigenvalue weighted by molar-refractivity contribution is -0.150. The number of carboxylic acid groups (broad SMARTS) is 2. The maximum Gasteiger partial charge on any atom is 0.352 e. The molecule has 0 unspecified atom stereocenters. The number of fused-ring (bicyclic) bond motifs is 2. The Kier molecular flexibility index (Phi) is 6.63. The second kappa shape index (κ2) is 9.50. The normalized spacial score (nSPS) is 21.9. The summed E-state index contributed by atoms with van der Waals surface area (Å²) in [6, 6.07) is 3.62. The third-order valence-electron chi connectivity index (χ3n) is 6.06. The molecule has 3 heterocycles. The van der Waals surface area contributed by atoms with Gasteiger partial charge in [0.15, 0.2) is 0 Å². The minimum absolute atomic E-state index is 0.0214. The Labute approximate surface area is 202 Å². The molecule has 1 fully saturated rings. The van der Waals surface area contributed by atoms with Gasteiger partial charge in [0, 0.05) is 12.2 Å². The van der Waals surface area contributed by atoms with Crippen LogP contribution in [0.15, 0.2) is 35.5 Å². The first-order valence-corrected chi connectivity index (χ1v) is 11.7. The van der Waals surface area contributed by atoms with Gasteiger partial charge in [0.05, 0.1) is 17.7 Å². The highest BCUT2D eigenvalue weighted by molar-refractivity contribution is 8.00. The number of β-lactam (4-membered cyclic amide) rings is 1. The maximum atomic E-state index is 12.6. The van der Waals surface area contributed by atoms with Crippen molar-refractivity contribution in [1.29, 1.82) is 0 Å². The molecule has 1 aromatic rings. The molecule has 1 aromatic carbocycles. The summed E-state index contributed by atoms with van der Waals surface area (Å²) < 4.78 is 0. The summed E-state index contributed by atoms with van der Waals surface area (Å²) in [6.07, 6.45) is -0.311. The zero-order chi connectivity index (χ0) is 25.4. The Hall–Kier alpha value is -3.71. The molecule has 0 aliphatic carbocycles. The Balaban J connectivity index is 1.34. The number of aliphatic hydroxyl groups excluding tert-OH is 1. The molecule has 13 heteroatoms. The van der Waals surface area contributed by atoms with Crippen LogP contribution in [-0.4, -0.2) is 90.5 Å². The summed E-state index contributed by atoms with van der Waals surface area (Å²) in [4.78, 5) is 75.1. The van der Waals surface area contributed by atoms with Crippen LogP contribution in [0.2, 0.25) is 0 Å². The Morgan fingerprint density at radius 3 is 2.26 bits per heavy atom. The lowest BCUT2D eigenvalue weighted by Gasteiger charge is -2.49. The van der Waals surface area contributed by atoms with E-state index in [2.05, 4.69) is 5.32 Å². The highest BCUT2D eigenvalue weighted by atomic mass is 32.2. The molecule has 12 nitrogen and oxygen atoms in total. The number of amides is 4. The van der Waals surface area contributed by atoms with Crippen molar-refractivity contribution >= 4 is 47.3 Å².